The summed E-state index contributed by atoms with van der Waals surface area (Å²) < 4.78 is 11.5. The number of cyclic esters (lactones) is 1. The molecule has 0 aliphatic carbocycles. The summed E-state index contributed by atoms with van der Waals surface area (Å²) in [6, 6.07) is 0. The minimum Gasteiger partial charge on any atom is -0.457 e. The second-order valence-corrected chi connectivity index (χ2v) is 11.8. The van der Waals surface area contributed by atoms with Crippen LogP contribution in [0.2, 0.25) is 0 Å². The van der Waals surface area contributed by atoms with E-state index < -0.39 is 36.0 Å². The lowest BCUT2D eigenvalue weighted by Crippen LogP contribution is -2.44. The Balaban J connectivity index is 2.14. The van der Waals surface area contributed by atoms with Crippen molar-refractivity contribution in [1.29, 1.82) is 0 Å². The maximum absolute atomic E-state index is 12.7. The minimum atomic E-state index is -1.42. The fourth-order valence-electron chi connectivity index (χ4n) is 4.95. The molecule has 0 aromatic rings. The van der Waals surface area contributed by atoms with Gasteiger partial charge in [-0.1, -0.05) is 38.2 Å². The van der Waals surface area contributed by atoms with E-state index in [1.54, 1.807) is 19.1 Å². The number of aliphatic hydroxyl groups excluding tert-OH is 2. The quantitative estimate of drug-likeness (QED) is 0.136. The summed E-state index contributed by atoms with van der Waals surface area (Å²) in [5.41, 5.74) is -0.594. The van der Waals surface area contributed by atoms with Gasteiger partial charge >= 0.3 is 12.1 Å². The molecule has 0 spiro atoms. The number of likely N-dealkylation sites (tertiary alicyclic amines) is 1. The molecular weight excluding hydrogens is 512 g/mol. The first-order chi connectivity index (χ1) is 19.0. The number of rotatable bonds is 10. The van der Waals surface area contributed by atoms with Gasteiger partial charge in [-0.2, -0.15) is 0 Å². The average Bonchev–Trinajstić information content (AvgIpc) is 3.44. The molecule has 2 rings (SSSR count). The van der Waals surface area contributed by atoms with Gasteiger partial charge in [-0.15, -0.1) is 0 Å². The van der Waals surface area contributed by atoms with Crippen LogP contribution >= 0.6 is 0 Å². The van der Waals surface area contributed by atoms with E-state index in [9.17, 15) is 24.9 Å². The van der Waals surface area contributed by atoms with E-state index in [0.717, 1.165) is 38.0 Å². The van der Waals surface area contributed by atoms with Crippen LogP contribution in [0, 0.1) is 11.8 Å². The Labute approximate surface area is 240 Å². The van der Waals surface area contributed by atoms with E-state index in [1.165, 1.54) is 12.8 Å². The van der Waals surface area contributed by atoms with Crippen molar-refractivity contribution in [1.82, 2.24) is 10.2 Å². The second kappa shape index (κ2) is 17.6. The molecule has 1 fully saturated rings. The van der Waals surface area contributed by atoms with Crippen molar-refractivity contribution in [2.45, 2.75) is 103 Å². The second-order valence-electron chi connectivity index (χ2n) is 11.8. The van der Waals surface area contributed by atoms with Gasteiger partial charge in [0.05, 0.1) is 6.10 Å². The largest absolute Gasteiger partial charge is 0.457 e. The number of amides is 1. The van der Waals surface area contributed by atoms with Crippen molar-refractivity contribution in [2.24, 2.45) is 11.8 Å². The van der Waals surface area contributed by atoms with Crippen LogP contribution in [0.4, 0.5) is 4.79 Å². The van der Waals surface area contributed by atoms with Crippen molar-refractivity contribution in [2.75, 3.05) is 32.8 Å². The van der Waals surface area contributed by atoms with E-state index >= 15 is 0 Å². The number of hydrogen-bond acceptors (Lipinski definition) is 8. The third kappa shape index (κ3) is 12.5. The van der Waals surface area contributed by atoms with Gasteiger partial charge in [-0.05, 0) is 96.0 Å². The van der Waals surface area contributed by atoms with Gasteiger partial charge in [0, 0.05) is 25.5 Å². The molecule has 0 aromatic heterocycles. The number of alkyl carbamates (subject to hydrolysis) is 1. The SMILES string of the molecule is C/C(=C\C=C\CC(C)CO)C1OC(=O)CCC(O)CCC(C)(O)C(OC(=O)NCCCN2CCCC2)/C=C/C1C. The van der Waals surface area contributed by atoms with Crippen LogP contribution in [-0.4, -0.2) is 89.0 Å². The Kier molecular flexibility index (Phi) is 14.9. The summed E-state index contributed by atoms with van der Waals surface area (Å²) in [4.78, 5) is 27.7. The van der Waals surface area contributed by atoms with E-state index in [2.05, 4.69) is 10.2 Å². The van der Waals surface area contributed by atoms with Crippen molar-refractivity contribution < 1.29 is 34.4 Å². The monoisotopic (exact) mass is 564 g/mol. The summed E-state index contributed by atoms with van der Waals surface area (Å²) in [5.74, 6) is -0.517. The lowest BCUT2D eigenvalue weighted by Gasteiger charge is -2.31. The number of carbonyl (C=O) groups excluding carboxylic acids is 2. The smallest absolute Gasteiger partial charge is 0.407 e. The molecule has 40 heavy (non-hydrogen) atoms. The van der Waals surface area contributed by atoms with Gasteiger partial charge in [0.2, 0.25) is 0 Å². The molecule has 0 radical (unpaired) electrons. The molecule has 0 aromatic carbocycles. The van der Waals surface area contributed by atoms with Crippen LogP contribution in [-0.2, 0) is 14.3 Å². The highest BCUT2D eigenvalue weighted by molar-refractivity contribution is 5.70. The van der Waals surface area contributed by atoms with Crippen LogP contribution in [0.5, 0.6) is 0 Å². The number of hydrogen-bond donors (Lipinski definition) is 4. The molecule has 6 unspecified atom stereocenters. The van der Waals surface area contributed by atoms with Crippen LogP contribution in [0.3, 0.4) is 0 Å². The lowest BCUT2D eigenvalue weighted by atomic mass is 9.89. The normalized spacial score (nSPS) is 31.1. The Bertz CT molecular complexity index is 864. The number of esters is 1. The maximum Gasteiger partial charge on any atom is 0.407 e. The zero-order valence-electron chi connectivity index (χ0n) is 24.9. The molecule has 2 aliphatic rings. The summed E-state index contributed by atoms with van der Waals surface area (Å²) in [5, 5.41) is 33.8. The highest BCUT2D eigenvalue weighted by Gasteiger charge is 2.35. The summed E-state index contributed by atoms with van der Waals surface area (Å²) >= 11 is 0. The predicted molar refractivity (Wildman–Crippen MR) is 156 cm³/mol. The fourth-order valence-corrected chi connectivity index (χ4v) is 4.95. The van der Waals surface area contributed by atoms with Crippen LogP contribution < -0.4 is 5.32 Å². The van der Waals surface area contributed by atoms with Gasteiger partial charge in [-0.3, -0.25) is 4.79 Å². The average molecular weight is 565 g/mol. The minimum absolute atomic E-state index is 0.0626. The molecule has 1 saturated heterocycles. The molecule has 1 amide bonds. The molecule has 0 bridgehead atoms. The standard InChI is InChI=1S/C31H52N2O7/c1-23(22-34)10-5-6-11-24(2)29-25(3)12-14-27(31(4,38)17-16-26(35)13-15-28(36)40-29)39-30(37)32-18-9-21-33-19-7-8-20-33/h5-6,11-12,14,23,25-27,29,34-35,38H,7-10,13,15-22H2,1-4H3,(H,32,37)/b6-5+,14-12+,24-11+. The molecule has 9 heteroatoms. The predicted octanol–water partition coefficient (Wildman–Crippen LogP) is 3.88. The van der Waals surface area contributed by atoms with E-state index in [4.69, 9.17) is 9.47 Å². The summed E-state index contributed by atoms with van der Waals surface area (Å²) in [7, 11) is 0. The lowest BCUT2D eigenvalue weighted by molar-refractivity contribution is -0.149. The first kappa shape index (κ1) is 34.0. The molecule has 2 aliphatic heterocycles. The maximum atomic E-state index is 12.7. The van der Waals surface area contributed by atoms with Gasteiger partial charge in [0.1, 0.15) is 11.7 Å². The van der Waals surface area contributed by atoms with Crippen molar-refractivity contribution in [3.05, 3.63) is 36.0 Å². The molecule has 9 nitrogen and oxygen atoms in total. The van der Waals surface area contributed by atoms with E-state index in [1.807, 2.05) is 39.0 Å². The molecule has 228 valence electrons. The Morgan fingerprint density at radius 2 is 2.02 bits per heavy atom. The molecule has 0 saturated carbocycles. The van der Waals surface area contributed by atoms with Crippen molar-refractivity contribution in [3.63, 3.8) is 0 Å². The number of nitrogens with one attached hydrogen (secondary N) is 1. The molecule has 6 atom stereocenters. The number of carbonyl (C=O) groups is 2. The number of allylic oxidation sites excluding steroid dienone is 3. The van der Waals surface area contributed by atoms with E-state index in [-0.39, 0.29) is 44.1 Å². The molecule has 4 N–H and O–H groups in total. The Morgan fingerprint density at radius 1 is 1.30 bits per heavy atom. The highest BCUT2D eigenvalue weighted by atomic mass is 16.6. The van der Waals surface area contributed by atoms with Crippen LogP contribution in [0.1, 0.15) is 79.1 Å². The van der Waals surface area contributed by atoms with Crippen molar-refractivity contribution in [3.8, 4) is 0 Å². The third-order valence-electron chi connectivity index (χ3n) is 7.75. The fraction of sp³-hybridized carbons (Fsp3) is 0.742. The van der Waals surface area contributed by atoms with Gasteiger partial charge in [-0.25, -0.2) is 4.79 Å². The Hall–Kier alpha value is -2.20. The van der Waals surface area contributed by atoms with Gasteiger partial charge < -0.3 is 35.0 Å². The first-order valence-electron chi connectivity index (χ1n) is 14.9. The first-order valence-corrected chi connectivity index (χ1v) is 14.9. The zero-order chi connectivity index (χ0) is 29.5. The zero-order valence-corrected chi connectivity index (χ0v) is 24.9. The molecule has 2 heterocycles. The van der Waals surface area contributed by atoms with Gasteiger partial charge in [0.15, 0.2) is 6.10 Å². The Morgan fingerprint density at radius 3 is 2.73 bits per heavy atom. The summed E-state index contributed by atoms with van der Waals surface area (Å²) in [6.45, 7) is 11.1. The number of aliphatic hydroxyl groups is 3. The number of nitrogens with zero attached hydrogens (tertiary/aromatic N) is 1. The van der Waals surface area contributed by atoms with Crippen molar-refractivity contribution >= 4 is 12.1 Å². The van der Waals surface area contributed by atoms with E-state index in [0.29, 0.717) is 6.54 Å². The highest BCUT2D eigenvalue weighted by Crippen LogP contribution is 2.27. The third-order valence-corrected chi connectivity index (χ3v) is 7.75. The topological polar surface area (TPSA) is 129 Å². The van der Waals surface area contributed by atoms with Crippen LogP contribution in [0.25, 0.3) is 0 Å². The molecular formula is C31H52N2O7. The van der Waals surface area contributed by atoms with Gasteiger partial charge in [0.25, 0.3) is 0 Å². The number of ether oxygens (including phenoxy) is 2. The van der Waals surface area contributed by atoms with Crippen LogP contribution in [0.15, 0.2) is 36.0 Å². The summed E-state index contributed by atoms with van der Waals surface area (Å²) in [6.07, 6.45) is 11.0.